The Balaban J connectivity index is 2.25. The van der Waals surface area contributed by atoms with E-state index >= 15 is 0 Å². The van der Waals surface area contributed by atoms with Crippen molar-refractivity contribution in [2.45, 2.75) is 46.6 Å². The predicted molar refractivity (Wildman–Crippen MR) is 67.1 cm³/mol. The topological polar surface area (TPSA) is 15.3 Å². The van der Waals surface area contributed by atoms with Gasteiger partial charge in [-0.25, -0.2) is 0 Å². The second kappa shape index (κ2) is 5.31. The van der Waals surface area contributed by atoms with Gasteiger partial charge < -0.3 is 10.2 Å². The van der Waals surface area contributed by atoms with Crippen molar-refractivity contribution in [3.63, 3.8) is 0 Å². The van der Waals surface area contributed by atoms with Gasteiger partial charge in [-0.1, -0.05) is 20.8 Å². The summed E-state index contributed by atoms with van der Waals surface area (Å²) in [6, 6.07) is 0.652. The smallest absolute Gasteiger partial charge is 0.00479 e. The van der Waals surface area contributed by atoms with Crippen LogP contribution in [0.3, 0.4) is 0 Å². The molecular formula is C13H28N2. The summed E-state index contributed by atoms with van der Waals surface area (Å²) in [5.74, 6) is 0.891. The summed E-state index contributed by atoms with van der Waals surface area (Å²) in [4.78, 5) is 2.63. The van der Waals surface area contributed by atoms with Crippen molar-refractivity contribution < 1.29 is 0 Å². The molecule has 2 atom stereocenters. The lowest BCUT2D eigenvalue weighted by atomic mass is 9.80. The molecule has 0 aromatic rings. The van der Waals surface area contributed by atoms with E-state index in [0.29, 0.717) is 11.5 Å². The van der Waals surface area contributed by atoms with Gasteiger partial charge in [0, 0.05) is 12.6 Å². The van der Waals surface area contributed by atoms with Crippen LogP contribution in [0.15, 0.2) is 0 Å². The maximum Gasteiger partial charge on any atom is 0.00479 e. The molecule has 2 heteroatoms. The van der Waals surface area contributed by atoms with Gasteiger partial charge in [-0.3, -0.25) is 0 Å². The first kappa shape index (κ1) is 13.0. The number of hydrogen-bond donors (Lipinski definition) is 1. The minimum atomic E-state index is 0.489. The van der Waals surface area contributed by atoms with Gasteiger partial charge in [-0.2, -0.15) is 0 Å². The van der Waals surface area contributed by atoms with Crippen LogP contribution in [0.25, 0.3) is 0 Å². The lowest BCUT2D eigenvalue weighted by Gasteiger charge is -2.27. The molecule has 0 spiro atoms. The second-order valence-corrected chi connectivity index (χ2v) is 6.13. The van der Waals surface area contributed by atoms with E-state index in [1.165, 1.54) is 32.5 Å². The summed E-state index contributed by atoms with van der Waals surface area (Å²) in [6.45, 7) is 13.2. The van der Waals surface area contributed by atoms with Crippen LogP contribution in [-0.4, -0.2) is 37.6 Å². The van der Waals surface area contributed by atoms with Gasteiger partial charge in [0.2, 0.25) is 0 Å². The van der Waals surface area contributed by atoms with E-state index in [9.17, 15) is 0 Å². The lowest BCUT2D eigenvalue weighted by molar-refractivity contribution is 0.226. The van der Waals surface area contributed by atoms with E-state index in [1.807, 2.05) is 7.05 Å². The Kier molecular flexibility index (Phi) is 4.60. The molecule has 0 bridgehead atoms. The van der Waals surface area contributed by atoms with E-state index in [0.717, 1.165) is 5.92 Å². The Bertz CT molecular complexity index is 183. The molecular weight excluding hydrogens is 184 g/mol. The molecule has 1 aliphatic heterocycles. The van der Waals surface area contributed by atoms with E-state index in [4.69, 9.17) is 0 Å². The van der Waals surface area contributed by atoms with Crippen LogP contribution < -0.4 is 5.32 Å². The van der Waals surface area contributed by atoms with Crippen molar-refractivity contribution in [3.8, 4) is 0 Å². The zero-order chi connectivity index (χ0) is 11.5. The fraction of sp³-hybridized carbons (Fsp3) is 1.00. The van der Waals surface area contributed by atoms with Gasteiger partial charge >= 0.3 is 0 Å². The molecule has 2 unspecified atom stereocenters. The summed E-state index contributed by atoms with van der Waals surface area (Å²) in [6.07, 6.45) is 2.66. The number of nitrogens with one attached hydrogen (secondary N) is 1. The largest absolute Gasteiger partial charge is 0.317 e. The molecule has 0 saturated carbocycles. The predicted octanol–water partition coefficient (Wildman–Crippen LogP) is 2.35. The van der Waals surface area contributed by atoms with Crippen LogP contribution in [0.1, 0.15) is 40.5 Å². The molecule has 0 amide bonds. The zero-order valence-corrected chi connectivity index (χ0v) is 11.1. The molecule has 0 aromatic heterocycles. The Morgan fingerprint density at radius 1 is 1.40 bits per heavy atom. The van der Waals surface area contributed by atoms with Crippen LogP contribution in [0.4, 0.5) is 0 Å². The molecule has 1 rings (SSSR count). The summed E-state index contributed by atoms with van der Waals surface area (Å²) >= 11 is 0. The second-order valence-electron chi connectivity index (χ2n) is 6.13. The Labute approximate surface area is 95.4 Å². The summed E-state index contributed by atoms with van der Waals surface area (Å²) in [5.41, 5.74) is 0.489. The van der Waals surface area contributed by atoms with Gasteiger partial charge in [0.1, 0.15) is 0 Å². The first-order chi connectivity index (χ1) is 6.93. The third-order valence-electron chi connectivity index (χ3n) is 3.87. The van der Waals surface area contributed by atoms with Crippen molar-refractivity contribution in [3.05, 3.63) is 0 Å². The molecule has 90 valence electrons. The van der Waals surface area contributed by atoms with Crippen molar-refractivity contribution in [2.24, 2.45) is 11.3 Å². The van der Waals surface area contributed by atoms with Gasteiger partial charge in [0.05, 0.1) is 0 Å². The third-order valence-corrected chi connectivity index (χ3v) is 3.87. The molecule has 2 nitrogen and oxygen atoms in total. The quantitative estimate of drug-likeness (QED) is 0.769. The Morgan fingerprint density at radius 3 is 2.53 bits per heavy atom. The Hall–Kier alpha value is -0.0800. The lowest BCUT2D eigenvalue weighted by Crippen LogP contribution is -2.31. The van der Waals surface area contributed by atoms with Gasteiger partial charge in [-0.15, -0.1) is 0 Å². The first-order valence-corrected chi connectivity index (χ1v) is 6.33. The summed E-state index contributed by atoms with van der Waals surface area (Å²) < 4.78 is 0. The molecule has 0 radical (unpaired) electrons. The highest BCUT2D eigenvalue weighted by Gasteiger charge is 2.31. The highest BCUT2D eigenvalue weighted by molar-refractivity contribution is 4.84. The maximum atomic E-state index is 3.30. The highest BCUT2D eigenvalue weighted by atomic mass is 15.1. The summed E-state index contributed by atoms with van der Waals surface area (Å²) in [7, 11) is 2.05. The number of hydrogen-bond acceptors (Lipinski definition) is 2. The fourth-order valence-corrected chi connectivity index (χ4v) is 2.26. The number of rotatable bonds is 4. The maximum absolute atomic E-state index is 3.30. The molecule has 0 aliphatic carbocycles. The van der Waals surface area contributed by atoms with E-state index in [-0.39, 0.29) is 0 Å². The highest BCUT2D eigenvalue weighted by Crippen LogP contribution is 2.33. The van der Waals surface area contributed by atoms with Crippen molar-refractivity contribution in [2.75, 3.05) is 26.7 Å². The molecule has 15 heavy (non-hydrogen) atoms. The standard InChI is InChI=1S/C13H28N2/c1-11(14-5)6-8-15-9-7-12(10-15)13(2,3)4/h11-12,14H,6-10H2,1-5H3. The van der Waals surface area contributed by atoms with Gasteiger partial charge in [0.25, 0.3) is 0 Å². The van der Waals surface area contributed by atoms with E-state index in [1.54, 1.807) is 0 Å². The molecule has 0 aromatic carbocycles. The van der Waals surface area contributed by atoms with Gasteiger partial charge in [0.15, 0.2) is 0 Å². The molecule has 1 heterocycles. The number of nitrogens with zero attached hydrogens (tertiary/aromatic N) is 1. The Morgan fingerprint density at radius 2 is 2.07 bits per heavy atom. The normalized spacial score (nSPS) is 25.8. The molecule has 1 fully saturated rings. The summed E-state index contributed by atoms with van der Waals surface area (Å²) in [5, 5.41) is 3.30. The van der Waals surface area contributed by atoms with Crippen molar-refractivity contribution >= 4 is 0 Å². The average molecular weight is 212 g/mol. The number of likely N-dealkylation sites (tertiary alicyclic amines) is 1. The van der Waals surface area contributed by atoms with Crippen LogP contribution in [0.2, 0.25) is 0 Å². The minimum Gasteiger partial charge on any atom is -0.317 e. The van der Waals surface area contributed by atoms with Crippen LogP contribution in [0, 0.1) is 11.3 Å². The van der Waals surface area contributed by atoms with Crippen LogP contribution in [-0.2, 0) is 0 Å². The third kappa shape index (κ3) is 4.12. The molecule has 1 aliphatic rings. The van der Waals surface area contributed by atoms with Crippen molar-refractivity contribution in [1.82, 2.24) is 10.2 Å². The average Bonchev–Trinajstić information content (AvgIpc) is 2.61. The molecule has 1 saturated heterocycles. The van der Waals surface area contributed by atoms with E-state index in [2.05, 4.69) is 37.9 Å². The van der Waals surface area contributed by atoms with Gasteiger partial charge in [-0.05, 0) is 51.2 Å². The fourth-order valence-electron chi connectivity index (χ4n) is 2.26. The first-order valence-electron chi connectivity index (χ1n) is 6.33. The minimum absolute atomic E-state index is 0.489. The van der Waals surface area contributed by atoms with E-state index < -0.39 is 0 Å². The SMILES string of the molecule is CNC(C)CCN1CCC(C(C)(C)C)C1. The zero-order valence-electron chi connectivity index (χ0n) is 11.1. The molecule has 1 N–H and O–H groups in total. The van der Waals surface area contributed by atoms with Crippen LogP contribution in [0.5, 0.6) is 0 Å². The van der Waals surface area contributed by atoms with Crippen LogP contribution >= 0.6 is 0 Å². The monoisotopic (exact) mass is 212 g/mol. The van der Waals surface area contributed by atoms with Crippen molar-refractivity contribution in [1.29, 1.82) is 0 Å².